The summed E-state index contributed by atoms with van der Waals surface area (Å²) in [5.74, 6) is 0.312. The van der Waals surface area contributed by atoms with Gasteiger partial charge in [0, 0.05) is 17.5 Å². The molecule has 0 radical (unpaired) electrons. The van der Waals surface area contributed by atoms with Crippen LogP contribution in [0, 0.1) is 13.8 Å². The third kappa shape index (κ3) is 2.58. The Balaban J connectivity index is 1.87. The molecular weight excluding hydrogens is 306 g/mol. The predicted octanol–water partition coefficient (Wildman–Crippen LogP) is 2.37. The number of hydrogen-bond donors (Lipinski definition) is 2. The molecule has 124 valence electrons. The number of carbonyl (C=O) groups is 2. The second-order valence-corrected chi connectivity index (χ2v) is 5.86. The van der Waals surface area contributed by atoms with Gasteiger partial charge in [-0.05, 0) is 45.4 Å². The Hall–Kier alpha value is -2.96. The third-order valence-electron chi connectivity index (χ3n) is 4.09. The predicted molar refractivity (Wildman–Crippen MR) is 89.1 cm³/mol. The monoisotopic (exact) mass is 325 g/mol. The Morgan fingerprint density at radius 3 is 2.67 bits per heavy atom. The summed E-state index contributed by atoms with van der Waals surface area (Å²) < 4.78 is 1.83. The molecule has 3 aromatic rings. The normalized spacial score (nSPS) is 12.3. The molecule has 0 saturated heterocycles. The van der Waals surface area contributed by atoms with Crippen LogP contribution in [0.4, 0.5) is 0 Å². The highest BCUT2D eigenvalue weighted by molar-refractivity contribution is 6.02. The van der Waals surface area contributed by atoms with Crippen molar-refractivity contribution in [3.63, 3.8) is 0 Å². The topological polar surface area (TPSA) is 92.1 Å². The van der Waals surface area contributed by atoms with Crippen molar-refractivity contribution in [1.29, 1.82) is 0 Å². The van der Waals surface area contributed by atoms with E-state index in [0.717, 1.165) is 5.65 Å². The number of H-pyrrole nitrogens is 1. The third-order valence-corrected chi connectivity index (χ3v) is 4.09. The summed E-state index contributed by atoms with van der Waals surface area (Å²) in [7, 11) is 0. The molecule has 1 atom stereocenters. The molecule has 0 aliphatic rings. The van der Waals surface area contributed by atoms with E-state index in [-0.39, 0.29) is 17.7 Å². The zero-order valence-electron chi connectivity index (χ0n) is 14.0. The second-order valence-electron chi connectivity index (χ2n) is 5.86. The first kappa shape index (κ1) is 15.9. The number of nitrogens with zero attached hydrogens (tertiary/aromatic N) is 3. The average Bonchev–Trinajstić information content (AvgIpc) is 3.08. The summed E-state index contributed by atoms with van der Waals surface area (Å²) in [6.45, 7) is 6.90. The van der Waals surface area contributed by atoms with Crippen LogP contribution in [0.3, 0.4) is 0 Å². The second kappa shape index (κ2) is 5.92. The molecule has 24 heavy (non-hydrogen) atoms. The Kier molecular flexibility index (Phi) is 3.92. The number of fused-ring (bicyclic) bond motifs is 1. The number of hydrogen-bond acceptors (Lipinski definition) is 4. The minimum Gasteiger partial charge on any atom is -0.354 e. The van der Waals surface area contributed by atoms with E-state index in [1.165, 1.54) is 6.92 Å². The first-order valence-electron chi connectivity index (χ1n) is 7.70. The molecule has 0 fully saturated rings. The lowest BCUT2D eigenvalue weighted by Crippen LogP contribution is -2.28. The fraction of sp³-hybridized carbons (Fsp3) is 0.294. The van der Waals surface area contributed by atoms with Gasteiger partial charge in [-0.15, -0.1) is 10.2 Å². The lowest BCUT2D eigenvalue weighted by atomic mass is 10.1. The van der Waals surface area contributed by atoms with Crippen molar-refractivity contribution in [3.05, 3.63) is 52.7 Å². The number of aromatic nitrogens is 4. The van der Waals surface area contributed by atoms with Gasteiger partial charge in [-0.1, -0.05) is 6.07 Å². The quantitative estimate of drug-likeness (QED) is 0.720. The van der Waals surface area contributed by atoms with Crippen LogP contribution < -0.4 is 5.32 Å². The molecule has 0 aliphatic heterocycles. The summed E-state index contributed by atoms with van der Waals surface area (Å²) >= 11 is 0. The van der Waals surface area contributed by atoms with E-state index < -0.39 is 0 Å². The number of amides is 1. The van der Waals surface area contributed by atoms with Gasteiger partial charge >= 0.3 is 0 Å². The van der Waals surface area contributed by atoms with E-state index in [9.17, 15) is 9.59 Å². The van der Waals surface area contributed by atoms with Crippen molar-refractivity contribution >= 4 is 17.3 Å². The Morgan fingerprint density at radius 2 is 2.00 bits per heavy atom. The van der Waals surface area contributed by atoms with Crippen molar-refractivity contribution in [3.8, 4) is 0 Å². The number of nitrogens with one attached hydrogen (secondary N) is 2. The lowest BCUT2D eigenvalue weighted by molar-refractivity contribution is 0.0932. The number of pyridine rings is 1. The maximum absolute atomic E-state index is 12.6. The fourth-order valence-electron chi connectivity index (χ4n) is 2.99. The number of aromatic amines is 1. The van der Waals surface area contributed by atoms with Gasteiger partial charge in [0.1, 0.15) is 5.69 Å². The highest BCUT2D eigenvalue weighted by Gasteiger charge is 2.22. The molecule has 0 bridgehead atoms. The van der Waals surface area contributed by atoms with Crippen molar-refractivity contribution in [2.45, 2.75) is 33.7 Å². The van der Waals surface area contributed by atoms with Crippen LogP contribution in [0.1, 0.15) is 57.8 Å². The largest absolute Gasteiger partial charge is 0.354 e. The van der Waals surface area contributed by atoms with E-state index in [4.69, 9.17) is 0 Å². The standard InChI is InChI=1S/C17H19N5O2/c1-9-14(12(4)23)10(2)18-15(9)17(24)19-11(3)16-21-20-13-7-5-6-8-22(13)16/h5-8,11,18H,1-4H3,(H,19,24)/t11-/m0/s1. The van der Waals surface area contributed by atoms with E-state index in [2.05, 4.69) is 20.5 Å². The molecule has 0 aromatic carbocycles. The van der Waals surface area contributed by atoms with Crippen molar-refractivity contribution in [2.24, 2.45) is 0 Å². The molecule has 0 saturated carbocycles. The van der Waals surface area contributed by atoms with Crippen LogP contribution in [0.5, 0.6) is 0 Å². The van der Waals surface area contributed by atoms with Crippen LogP contribution in [-0.4, -0.2) is 31.3 Å². The number of aryl methyl sites for hydroxylation is 1. The Labute approximate surface area is 139 Å². The van der Waals surface area contributed by atoms with E-state index in [1.54, 1.807) is 13.8 Å². The maximum atomic E-state index is 12.6. The first-order chi connectivity index (χ1) is 11.4. The summed E-state index contributed by atoms with van der Waals surface area (Å²) in [5, 5.41) is 11.1. The lowest BCUT2D eigenvalue weighted by Gasteiger charge is -2.12. The maximum Gasteiger partial charge on any atom is 0.268 e. The zero-order valence-corrected chi connectivity index (χ0v) is 14.0. The van der Waals surface area contributed by atoms with Gasteiger partial charge in [-0.3, -0.25) is 14.0 Å². The molecule has 0 unspecified atom stereocenters. The van der Waals surface area contributed by atoms with Crippen LogP contribution in [0.15, 0.2) is 24.4 Å². The minimum absolute atomic E-state index is 0.0585. The summed E-state index contributed by atoms with van der Waals surface area (Å²) in [4.78, 5) is 27.3. The highest BCUT2D eigenvalue weighted by Crippen LogP contribution is 2.19. The van der Waals surface area contributed by atoms with Gasteiger partial charge in [-0.2, -0.15) is 0 Å². The van der Waals surface area contributed by atoms with Gasteiger partial charge in [0.2, 0.25) is 0 Å². The molecule has 7 heteroatoms. The summed E-state index contributed by atoms with van der Waals surface area (Å²) in [6, 6.07) is 5.28. The highest BCUT2D eigenvalue weighted by atomic mass is 16.2. The van der Waals surface area contributed by atoms with Gasteiger partial charge in [-0.25, -0.2) is 0 Å². The Morgan fingerprint density at radius 1 is 1.25 bits per heavy atom. The summed E-state index contributed by atoms with van der Waals surface area (Å²) in [5.41, 5.74) is 3.06. The summed E-state index contributed by atoms with van der Waals surface area (Å²) in [6.07, 6.45) is 1.85. The van der Waals surface area contributed by atoms with Gasteiger partial charge in [0.05, 0.1) is 6.04 Å². The van der Waals surface area contributed by atoms with Crippen molar-refractivity contribution < 1.29 is 9.59 Å². The minimum atomic E-state index is -0.335. The zero-order chi connectivity index (χ0) is 17.4. The molecule has 3 heterocycles. The van der Waals surface area contributed by atoms with Crippen LogP contribution >= 0.6 is 0 Å². The SMILES string of the molecule is CC(=O)c1c(C)[nH]c(C(=O)N[C@@H](C)c2nnc3ccccn23)c1C. The van der Waals surface area contributed by atoms with Gasteiger partial charge < -0.3 is 10.3 Å². The Bertz CT molecular complexity index is 938. The molecule has 7 nitrogen and oxygen atoms in total. The van der Waals surface area contributed by atoms with Crippen LogP contribution in [0.25, 0.3) is 5.65 Å². The smallest absolute Gasteiger partial charge is 0.268 e. The first-order valence-corrected chi connectivity index (χ1v) is 7.70. The number of rotatable bonds is 4. The van der Waals surface area contributed by atoms with E-state index in [1.807, 2.05) is 35.7 Å². The molecule has 0 aliphatic carbocycles. The molecule has 1 amide bonds. The van der Waals surface area contributed by atoms with Gasteiger partial charge in [0.15, 0.2) is 17.3 Å². The fourth-order valence-corrected chi connectivity index (χ4v) is 2.99. The molecule has 3 rings (SSSR count). The van der Waals surface area contributed by atoms with E-state index >= 15 is 0 Å². The molecule has 2 N–H and O–H groups in total. The van der Waals surface area contributed by atoms with Gasteiger partial charge in [0.25, 0.3) is 5.91 Å². The van der Waals surface area contributed by atoms with Crippen molar-refractivity contribution in [2.75, 3.05) is 0 Å². The number of ketones is 1. The van der Waals surface area contributed by atoms with Crippen LogP contribution in [0.2, 0.25) is 0 Å². The average molecular weight is 325 g/mol. The van der Waals surface area contributed by atoms with Crippen LogP contribution in [-0.2, 0) is 0 Å². The molecule has 0 spiro atoms. The van der Waals surface area contributed by atoms with E-state index in [0.29, 0.717) is 28.3 Å². The number of carbonyl (C=O) groups excluding carboxylic acids is 2. The number of Topliss-reactive ketones (excluding diaryl/α,β-unsaturated/α-hetero) is 1. The molecular formula is C17H19N5O2. The molecule has 3 aromatic heterocycles. The van der Waals surface area contributed by atoms with Crippen molar-refractivity contribution in [1.82, 2.24) is 24.9 Å².